The van der Waals surface area contributed by atoms with Crippen molar-refractivity contribution in [1.29, 1.82) is 0 Å². The Bertz CT molecular complexity index is 279. The molecule has 19 heavy (non-hydrogen) atoms. The van der Waals surface area contributed by atoms with Crippen molar-refractivity contribution < 1.29 is 4.79 Å². The van der Waals surface area contributed by atoms with Gasteiger partial charge in [0, 0.05) is 32.1 Å². The Labute approximate surface area is 117 Å². The number of carbonyl (C=O) groups is 1. The summed E-state index contributed by atoms with van der Waals surface area (Å²) in [5, 5.41) is 3.82. The van der Waals surface area contributed by atoms with Gasteiger partial charge in [-0.3, -0.25) is 4.79 Å². The second-order valence-electron chi connectivity index (χ2n) is 6.06. The summed E-state index contributed by atoms with van der Waals surface area (Å²) in [5.74, 6) is 0.228. The van der Waals surface area contributed by atoms with Gasteiger partial charge in [-0.15, -0.1) is 0 Å². The van der Waals surface area contributed by atoms with E-state index in [2.05, 4.69) is 17.1 Å². The van der Waals surface area contributed by atoms with Crippen LogP contribution in [0.15, 0.2) is 0 Å². The minimum Gasteiger partial charge on any atom is -0.343 e. The lowest BCUT2D eigenvalue weighted by Gasteiger charge is -2.37. The van der Waals surface area contributed by atoms with Gasteiger partial charge in [0.05, 0.1) is 0 Å². The van der Waals surface area contributed by atoms with Crippen molar-refractivity contribution in [3.63, 3.8) is 0 Å². The zero-order valence-electron chi connectivity index (χ0n) is 12.5. The van der Waals surface area contributed by atoms with Crippen LogP contribution in [0, 0.1) is 0 Å². The van der Waals surface area contributed by atoms with Crippen LogP contribution >= 0.6 is 0 Å². The Morgan fingerprint density at radius 1 is 1.05 bits per heavy atom. The first kappa shape index (κ1) is 14.8. The maximum Gasteiger partial charge on any atom is 0.219 e. The topological polar surface area (TPSA) is 35.6 Å². The molecular formula is C15H29N3O. The molecule has 2 fully saturated rings. The number of carbonyl (C=O) groups excluding carboxylic acids is 1. The van der Waals surface area contributed by atoms with Gasteiger partial charge in [-0.05, 0) is 51.7 Å². The summed E-state index contributed by atoms with van der Waals surface area (Å²) in [6, 6.07) is 1.32. The molecular weight excluding hydrogens is 238 g/mol. The van der Waals surface area contributed by atoms with Gasteiger partial charge < -0.3 is 15.1 Å². The van der Waals surface area contributed by atoms with Crippen molar-refractivity contribution in [1.82, 2.24) is 15.1 Å². The standard InChI is InChI=1S/C15H29N3O/c1-3-8-17-9-4-14(5-10-17)16-15-6-11-18(12-7-15)13(2)19/h14-16H,3-12H2,1-2H3. The molecule has 0 aromatic rings. The Balaban J connectivity index is 1.65. The van der Waals surface area contributed by atoms with Crippen LogP contribution in [0.2, 0.25) is 0 Å². The molecule has 1 N–H and O–H groups in total. The van der Waals surface area contributed by atoms with Gasteiger partial charge in [-0.1, -0.05) is 6.92 Å². The van der Waals surface area contributed by atoms with Crippen molar-refractivity contribution in [3.05, 3.63) is 0 Å². The van der Waals surface area contributed by atoms with Gasteiger partial charge >= 0.3 is 0 Å². The summed E-state index contributed by atoms with van der Waals surface area (Å²) in [6.45, 7) is 9.55. The normalized spacial score (nSPS) is 23.8. The molecule has 0 unspecified atom stereocenters. The van der Waals surface area contributed by atoms with Gasteiger partial charge in [-0.25, -0.2) is 0 Å². The van der Waals surface area contributed by atoms with Crippen LogP contribution in [0.5, 0.6) is 0 Å². The molecule has 2 aliphatic heterocycles. The molecule has 110 valence electrons. The van der Waals surface area contributed by atoms with Crippen molar-refractivity contribution in [2.45, 2.75) is 58.0 Å². The minimum absolute atomic E-state index is 0.228. The van der Waals surface area contributed by atoms with Gasteiger partial charge in [0.1, 0.15) is 0 Å². The molecule has 2 rings (SSSR count). The number of amides is 1. The van der Waals surface area contributed by atoms with Crippen LogP contribution in [0.1, 0.15) is 46.0 Å². The van der Waals surface area contributed by atoms with Crippen LogP contribution < -0.4 is 5.32 Å². The van der Waals surface area contributed by atoms with E-state index in [1.54, 1.807) is 6.92 Å². The number of nitrogens with one attached hydrogen (secondary N) is 1. The fourth-order valence-electron chi connectivity index (χ4n) is 3.33. The lowest BCUT2D eigenvalue weighted by Crippen LogP contribution is -2.50. The van der Waals surface area contributed by atoms with Crippen LogP contribution in [0.25, 0.3) is 0 Å². The summed E-state index contributed by atoms with van der Waals surface area (Å²) in [4.78, 5) is 15.8. The van der Waals surface area contributed by atoms with Crippen molar-refractivity contribution in [2.24, 2.45) is 0 Å². The van der Waals surface area contributed by atoms with E-state index in [0.29, 0.717) is 12.1 Å². The predicted octanol–water partition coefficient (Wildman–Crippen LogP) is 1.46. The first-order valence-electron chi connectivity index (χ1n) is 7.93. The average Bonchev–Trinajstić information content (AvgIpc) is 2.42. The first-order chi connectivity index (χ1) is 9.19. The third-order valence-corrected chi connectivity index (χ3v) is 4.54. The van der Waals surface area contributed by atoms with Crippen LogP contribution in [-0.4, -0.2) is 60.5 Å². The summed E-state index contributed by atoms with van der Waals surface area (Å²) >= 11 is 0. The highest BCUT2D eigenvalue weighted by Crippen LogP contribution is 2.16. The molecule has 0 saturated carbocycles. The molecule has 0 aliphatic carbocycles. The fraction of sp³-hybridized carbons (Fsp3) is 0.933. The third kappa shape index (κ3) is 4.46. The smallest absolute Gasteiger partial charge is 0.219 e. The molecule has 0 atom stereocenters. The van der Waals surface area contributed by atoms with Crippen molar-refractivity contribution in [3.8, 4) is 0 Å². The maximum atomic E-state index is 11.3. The summed E-state index contributed by atoms with van der Waals surface area (Å²) in [6.07, 6.45) is 6.07. The Kier molecular flexibility index (Phi) is 5.64. The molecule has 0 radical (unpaired) electrons. The molecule has 0 aromatic heterocycles. The molecule has 4 heteroatoms. The molecule has 0 aromatic carbocycles. The highest BCUT2D eigenvalue weighted by atomic mass is 16.2. The van der Waals surface area contributed by atoms with E-state index in [1.165, 1.54) is 38.9 Å². The molecule has 0 bridgehead atoms. The Morgan fingerprint density at radius 2 is 1.58 bits per heavy atom. The highest BCUT2D eigenvalue weighted by Gasteiger charge is 2.24. The van der Waals surface area contributed by atoms with Crippen molar-refractivity contribution >= 4 is 5.91 Å². The van der Waals surface area contributed by atoms with E-state index in [4.69, 9.17) is 0 Å². The SMILES string of the molecule is CCCN1CCC(NC2CCN(C(C)=O)CC2)CC1. The fourth-order valence-corrected chi connectivity index (χ4v) is 3.33. The van der Waals surface area contributed by atoms with Crippen LogP contribution in [0.3, 0.4) is 0 Å². The highest BCUT2D eigenvalue weighted by molar-refractivity contribution is 5.73. The first-order valence-corrected chi connectivity index (χ1v) is 7.93. The predicted molar refractivity (Wildman–Crippen MR) is 78.2 cm³/mol. The van der Waals surface area contributed by atoms with E-state index < -0.39 is 0 Å². The van der Waals surface area contributed by atoms with E-state index in [0.717, 1.165) is 25.9 Å². The second-order valence-corrected chi connectivity index (χ2v) is 6.06. The number of piperidine rings is 2. The van der Waals surface area contributed by atoms with E-state index in [9.17, 15) is 4.79 Å². The monoisotopic (exact) mass is 267 g/mol. The van der Waals surface area contributed by atoms with Crippen LogP contribution in [0.4, 0.5) is 0 Å². The zero-order chi connectivity index (χ0) is 13.7. The minimum atomic E-state index is 0.228. The summed E-state index contributed by atoms with van der Waals surface area (Å²) in [5.41, 5.74) is 0. The van der Waals surface area contributed by atoms with E-state index in [1.807, 2.05) is 4.90 Å². The number of likely N-dealkylation sites (tertiary alicyclic amines) is 2. The van der Waals surface area contributed by atoms with E-state index in [-0.39, 0.29) is 5.91 Å². The van der Waals surface area contributed by atoms with Gasteiger partial charge in [0.25, 0.3) is 0 Å². The number of hydrogen-bond donors (Lipinski definition) is 1. The quantitative estimate of drug-likeness (QED) is 0.837. The molecule has 4 nitrogen and oxygen atoms in total. The third-order valence-electron chi connectivity index (χ3n) is 4.54. The summed E-state index contributed by atoms with van der Waals surface area (Å²) < 4.78 is 0. The van der Waals surface area contributed by atoms with E-state index >= 15 is 0 Å². The van der Waals surface area contributed by atoms with Gasteiger partial charge in [-0.2, -0.15) is 0 Å². The van der Waals surface area contributed by atoms with Gasteiger partial charge in [0.15, 0.2) is 0 Å². The zero-order valence-corrected chi connectivity index (χ0v) is 12.5. The molecule has 2 aliphatic rings. The van der Waals surface area contributed by atoms with Crippen molar-refractivity contribution in [2.75, 3.05) is 32.7 Å². The Hall–Kier alpha value is -0.610. The molecule has 0 spiro atoms. The molecule has 1 amide bonds. The second kappa shape index (κ2) is 7.25. The number of rotatable bonds is 4. The lowest BCUT2D eigenvalue weighted by molar-refractivity contribution is -0.129. The number of hydrogen-bond acceptors (Lipinski definition) is 3. The summed E-state index contributed by atoms with van der Waals surface area (Å²) in [7, 11) is 0. The van der Waals surface area contributed by atoms with Gasteiger partial charge in [0.2, 0.25) is 5.91 Å². The average molecular weight is 267 g/mol. The molecule has 2 saturated heterocycles. The van der Waals surface area contributed by atoms with Crippen LogP contribution in [-0.2, 0) is 4.79 Å². The lowest BCUT2D eigenvalue weighted by atomic mass is 9.99. The molecule has 2 heterocycles. The Morgan fingerprint density at radius 3 is 2.05 bits per heavy atom. The largest absolute Gasteiger partial charge is 0.343 e. The maximum absolute atomic E-state index is 11.3. The number of nitrogens with zero attached hydrogens (tertiary/aromatic N) is 2.